The molecule has 1 heterocycles. The molecule has 1 aliphatic rings. The molecular weight excluding hydrogens is 246 g/mol. The molecule has 104 valence electrons. The molecule has 0 aliphatic carbocycles. The van der Waals surface area contributed by atoms with E-state index in [4.69, 9.17) is 4.74 Å². The molecule has 0 fully saturated rings. The first-order chi connectivity index (χ1) is 9.69. The molecule has 0 saturated carbocycles. The maximum atomic E-state index is 5.39. The predicted octanol–water partition coefficient (Wildman–Crippen LogP) is 3.95. The van der Waals surface area contributed by atoms with E-state index in [-0.39, 0.29) is 0 Å². The summed E-state index contributed by atoms with van der Waals surface area (Å²) in [4.78, 5) is 2.51. The van der Waals surface area contributed by atoms with Crippen molar-refractivity contribution in [3.63, 3.8) is 0 Å². The highest BCUT2D eigenvalue weighted by Gasteiger charge is 2.28. The number of ether oxygens (including phenoxy) is 1. The summed E-state index contributed by atoms with van der Waals surface area (Å²) in [6.45, 7) is 5.45. The molecule has 2 aromatic carbocycles. The maximum Gasteiger partial charge on any atom is 0.119 e. The Morgan fingerprint density at radius 2 is 1.95 bits per heavy atom. The molecule has 1 atom stereocenters. The van der Waals surface area contributed by atoms with Gasteiger partial charge in [0.25, 0.3) is 0 Å². The van der Waals surface area contributed by atoms with Gasteiger partial charge in [-0.1, -0.05) is 30.3 Å². The zero-order valence-electron chi connectivity index (χ0n) is 12.4. The topological polar surface area (TPSA) is 12.5 Å². The predicted molar refractivity (Wildman–Crippen MR) is 83.5 cm³/mol. The van der Waals surface area contributed by atoms with Gasteiger partial charge >= 0.3 is 0 Å². The highest BCUT2D eigenvalue weighted by atomic mass is 16.5. The third-order valence-electron chi connectivity index (χ3n) is 4.12. The second kappa shape index (κ2) is 5.20. The van der Waals surface area contributed by atoms with Gasteiger partial charge in [-0.3, -0.25) is 0 Å². The Bertz CT molecular complexity index is 606. The van der Waals surface area contributed by atoms with Crippen molar-refractivity contribution in [3.8, 4) is 5.75 Å². The summed E-state index contributed by atoms with van der Waals surface area (Å²) in [6, 6.07) is 15.5. The van der Waals surface area contributed by atoms with Crippen LogP contribution in [-0.2, 0) is 13.0 Å². The van der Waals surface area contributed by atoms with Crippen LogP contribution in [0, 0.1) is 6.92 Å². The van der Waals surface area contributed by atoms with Gasteiger partial charge in [-0.2, -0.15) is 0 Å². The monoisotopic (exact) mass is 267 g/mol. The van der Waals surface area contributed by atoms with Gasteiger partial charge in [-0.05, 0) is 49.1 Å². The van der Waals surface area contributed by atoms with Gasteiger partial charge in [0.1, 0.15) is 5.75 Å². The highest BCUT2D eigenvalue weighted by Crippen LogP contribution is 2.38. The fourth-order valence-electron chi connectivity index (χ4n) is 3.17. The molecule has 3 rings (SSSR count). The Morgan fingerprint density at radius 1 is 1.20 bits per heavy atom. The lowest BCUT2D eigenvalue weighted by atomic mass is 10.1. The number of anilines is 1. The van der Waals surface area contributed by atoms with Gasteiger partial charge in [0.05, 0.1) is 7.11 Å². The second-order valence-electron chi connectivity index (χ2n) is 5.62. The Labute approximate surface area is 121 Å². The third-order valence-corrected chi connectivity index (χ3v) is 4.12. The van der Waals surface area contributed by atoms with Crippen molar-refractivity contribution >= 4 is 5.69 Å². The van der Waals surface area contributed by atoms with E-state index in [1.54, 1.807) is 7.11 Å². The number of benzene rings is 2. The van der Waals surface area contributed by atoms with Crippen molar-refractivity contribution in [1.82, 2.24) is 0 Å². The average Bonchev–Trinajstić information content (AvgIpc) is 2.76. The molecule has 0 unspecified atom stereocenters. The van der Waals surface area contributed by atoms with Crippen molar-refractivity contribution in [2.45, 2.75) is 32.9 Å². The number of aryl methyl sites for hydroxylation is 1. The van der Waals surface area contributed by atoms with Crippen molar-refractivity contribution in [2.24, 2.45) is 0 Å². The molecular formula is C18H21NO. The molecule has 2 nitrogen and oxygen atoms in total. The van der Waals surface area contributed by atoms with Crippen LogP contribution in [0.2, 0.25) is 0 Å². The molecule has 1 aliphatic heterocycles. The van der Waals surface area contributed by atoms with Crippen LogP contribution in [0.1, 0.15) is 23.6 Å². The minimum absolute atomic E-state index is 0.538. The first kappa shape index (κ1) is 13.0. The average molecular weight is 267 g/mol. The van der Waals surface area contributed by atoms with Crippen LogP contribution >= 0.6 is 0 Å². The van der Waals surface area contributed by atoms with Gasteiger partial charge in [0.2, 0.25) is 0 Å². The van der Waals surface area contributed by atoms with Crippen LogP contribution in [0.25, 0.3) is 0 Å². The maximum absolute atomic E-state index is 5.39. The minimum Gasteiger partial charge on any atom is -0.497 e. The van der Waals surface area contributed by atoms with Gasteiger partial charge in [0.15, 0.2) is 0 Å². The highest BCUT2D eigenvalue weighted by molar-refractivity contribution is 5.66. The van der Waals surface area contributed by atoms with E-state index < -0.39 is 0 Å². The smallest absolute Gasteiger partial charge is 0.119 e. The molecule has 0 radical (unpaired) electrons. The molecule has 0 spiro atoms. The van der Waals surface area contributed by atoms with Crippen molar-refractivity contribution in [3.05, 3.63) is 59.2 Å². The van der Waals surface area contributed by atoms with Gasteiger partial charge < -0.3 is 9.64 Å². The lowest BCUT2D eigenvalue weighted by Gasteiger charge is -2.26. The molecule has 0 saturated heterocycles. The number of fused-ring (bicyclic) bond motifs is 1. The summed E-state index contributed by atoms with van der Waals surface area (Å²) in [5, 5.41) is 0. The summed E-state index contributed by atoms with van der Waals surface area (Å²) >= 11 is 0. The van der Waals surface area contributed by atoms with E-state index in [2.05, 4.69) is 61.2 Å². The van der Waals surface area contributed by atoms with Crippen molar-refractivity contribution < 1.29 is 4.74 Å². The summed E-state index contributed by atoms with van der Waals surface area (Å²) in [6.07, 6.45) is 1.10. The van der Waals surface area contributed by atoms with Gasteiger partial charge in [-0.25, -0.2) is 0 Å². The largest absolute Gasteiger partial charge is 0.497 e. The van der Waals surface area contributed by atoms with E-state index in [0.717, 1.165) is 18.7 Å². The third kappa shape index (κ3) is 2.26. The Morgan fingerprint density at radius 3 is 2.65 bits per heavy atom. The number of hydrogen-bond acceptors (Lipinski definition) is 2. The fourth-order valence-corrected chi connectivity index (χ4v) is 3.17. The number of methoxy groups -OCH3 is 1. The summed E-state index contributed by atoms with van der Waals surface area (Å²) in [5.41, 5.74) is 5.47. The van der Waals surface area contributed by atoms with Crippen LogP contribution in [0.15, 0.2) is 42.5 Å². The normalized spacial score (nSPS) is 17.1. The molecule has 2 aromatic rings. The zero-order valence-corrected chi connectivity index (χ0v) is 12.4. The second-order valence-corrected chi connectivity index (χ2v) is 5.62. The van der Waals surface area contributed by atoms with Crippen molar-refractivity contribution in [2.75, 3.05) is 12.0 Å². The lowest BCUT2D eigenvalue weighted by Crippen LogP contribution is -2.29. The van der Waals surface area contributed by atoms with Crippen LogP contribution in [0.4, 0.5) is 5.69 Å². The van der Waals surface area contributed by atoms with Gasteiger partial charge in [-0.15, -0.1) is 0 Å². The molecule has 20 heavy (non-hydrogen) atoms. The summed E-state index contributed by atoms with van der Waals surface area (Å²) in [7, 11) is 1.74. The Hall–Kier alpha value is -1.96. The zero-order chi connectivity index (χ0) is 14.1. The summed E-state index contributed by atoms with van der Waals surface area (Å²) < 4.78 is 5.39. The lowest BCUT2D eigenvalue weighted by molar-refractivity contribution is 0.414. The minimum atomic E-state index is 0.538. The SMILES string of the molecule is COc1cc(C)c2c(c1)C[C@@H](C)N2Cc1ccccc1. The van der Waals surface area contributed by atoms with Gasteiger partial charge in [0, 0.05) is 18.3 Å². The van der Waals surface area contributed by atoms with Crippen molar-refractivity contribution in [1.29, 1.82) is 0 Å². The Kier molecular flexibility index (Phi) is 3.39. The van der Waals surface area contributed by atoms with Crippen LogP contribution in [0.5, 0.6) is 5.75 Å². The number of hydrogen-bond donors (Lipinski definition) is 0. The number of nitrogens with zero attached hydrogens (tertiary/aromatic N) is 1. The van der Waals surface area contributed by atoms with Crippen LogP contribution in [-0.4, -0.2) is 13.2 Å². The Balaban J connectivity index is 1.95. The van der Waals surface area contributed by atoms with Crippen LogP contribution < -0.4 is 9.64 Å². The van der Waals surface area contributed by atoms with E-state index >= 15 is 0 Å². The molecule has 0 amide bonds. The molecule has 0 aromatic heterocycles. The quantitative estimate of drug-likeness (QED) is 0.834. The first-order valence-corrected chi connectivity index (χ1v) is 7.17. The first-order valence-electron chi connectivity index (χ1n) is 7.17. The standard InChI is InChI=1S/C18H21NO/c1-13-9-17(20-3)11-16-10-14(2)19(18(13)16)12-15-7-5-4-6-8-15/h4-9,11,14H,10,12H2,1-3H3/t14-/m1/s1. The van der Waals surface area contributed by atoms with E-state index in [9.17, 15) is 0 Å². The number of rotatable bonds is 3. The molecule has 2 heteroatoms. The van der Waals surface area contributed by atoms with Crippen LogP contribution in [0.3, 0.4) is 0 Å². The van der Waals surface area contributed by atoms with E-state index in [0.29, 0.717) is 6.04 Å². The summed E-state index contributed by atoms with van der Waals surface area (Å²) in [5.74, 6) is 0.968. The van der Waals surface area contributed by atoms with E-state index in [1.807, 2.05) is 0 Å². The fraction of sp³-hybridized carbons (Fsp3) is 0.333. The molecule has 0 N–H and O–H groups in total. The van der Waals surface area contributed by atoms with E-state index in [1.165, 1.54) is 22.4 Å². The molecule has 0 bridgehead atoms.